The van der Waals surface area contributed by atoms with Crippen molar-refractivity contribution in [3.8, 4) is 5.75 Å². The zero-order valence-electron chi connectivity index (χ0n) is 23.0. The van der Waals surface area contributed by atoms with E-state index in [0.29, 0.717) is 0 Å². The van der Waals surface area contributed by atoms with Crippen LogP contribution in [0.4, 0.5) is 0 Å². The molecule has 0 spiro atoms. The van der Waals surface area contributed by atoms with Crippen molar-refractivity contribution in [1.29, 1.82) is 0 Å². The maximum absolute atomic E-state index is 13.2. The molecule has 1 N–H and O–H groups in total. The number of benzene rings is 1. The van der Waals surface area contributed by atoms with Gasteiger partial charge in [0.15, 0.2) is 12.2 Å². The lowest BCUT2D eigenvalue weighted by Crippen LogP contribution is -2.70. The first kappa shape index (κ1) is 32.0. The highest BCUT2D eigenvalue weighted by Gasteiger charge is 2.60. The fraction of sp³-hybridized carbons (Fsp3) is 0.538. The Hall–Kier alpha value is -4.20. The Morgan fingerprint density at radius 2 is 1.55 bits per heavy atom. The molecule has 1 amide bonds. The van der Waals surface area contributed by atoms with Crippen LogP contribution in [0.3, 0.4) is 0 Å². The number of carbonyl (C=O) groups excluding carboxylic acids is 6. The fourth-order valence-corrected chi connectivity index (χ4v) is 4.18. The van der Waals surface area contributed by atoms with E-state index in [2.05, 4.69) is 5.32 Å². The average molecular weight is 568 g/mol. The molecule has 14 heteroatoms. The van der Waals surface area contributed by atoms with Crippen LogP contribution in [0.15, 0.2) is 30.3 Å². The van der Waals surface area contributed by atoms with Crippen LogP contribution in [0.2, 0.25) is 0 Å². The van der Waals surface area contributed by atoms with Gasteiger partial charge in [-0.3, -0.25) is 24.0 Å². The maximum Gasteiger partial charge on any atom is 0.379 e. The van der Waals surface area contributed by atoms with Gasteiger partial charge in [-0.2, -0.15) is 0 Å². The maximum atomic E-state index is 13.2. The van der Waals surface area contributed by atoms with Gasteiger partial charge in [0, 0.05) is 34.6 Å². The molecule has 0 aromatic heterocycles. The predicted octanol–water partition coefficient (Wildman–Crippen LogP) is 0.587. The van der Waals surface area contributed by atoms with E-state index in [4.69, 9.17) is 33.2 Å². The van der Waals surface area contributed by atoms with Gasteiger partial charge in [-0.1, -0.05) is 18.2 Å². The molecule has 1 fully saturated rings. The highest BCUT2D eigenvalue weighted by Crippen LogP contribution is 2.37. The first-order valence-electron chi connectivity index (χ1n) is 12.2. The Labute approximate surface area is 230 Å². The first-order valence-corrected chi connectivity index (χ1v) is 12.2. The molecule has 0 bridgehead atoms. The van der Waals surface area contributed by atoms with Gasteiger partial charge >= 0.3 is 35.6 Å². The molecule has 0 aliphatic carbocycles. The number of nitrogens with one attached hydrogen (secondary N) is 1. The Bertz CT molecular complexity index is 1090. The van der Waals surface area contributed by atoms with Crippen molar-refractivity contribution in [1.82, 2.24) is 5.32 Å². The van der Waals surface area contributed by atoms with Gasteiger partial charge in [-0.15, -0.1) is 0 Å². The summed E-state index contributed by atoms with van der Waals surface area (Å²) in [5, 5.41) is 2.58. The van der Waals surface area contributed by atoms with Crippen LogP contribution in [0.25, 0.3) is 0 Å². The number of ether oxygens (including phenoxy) is 7. The summed E-state index contributed by atoms with van der Waals surface area (Å²) in [6.07, 6.45) is -6.49. The largest absolute Gasteiger partial charge is 0.464 e. The summed E-state index contributed by atoms with van der Waals surface area (Å²) in [5.41, 5.74) is 0. The third-order valence-corrected chi connectivity index (χ3v) is 5.52. The molecular weight excluding hydrogens is 534 g/mol. The molecule has 40 heavy (non-hydrogen) atoms. The second-order valence-corrected chi connectivity index (χ2v) is 8.84. The van der Waals surface area contributed by atoms with Crippen molar-refractivity contribution >= 4 is 35.8 Å². The molecule has 220 valence electrons. The van der Waals surface area contributed by atoms with Gasteiger partial charge < -0.3 is 38.5 Å². The Morgan fingerprint density at radius 1 is 0.925 bits per heavy atom. The van der Waals surface area contributed by atoms with Crippen LogP contribution in [-0.2, 0) is 57.2 Å². The molecule has 0 saturated carbocycles. The third kappa shape index (κ3) is 8.93. The van der Waals surface area contributed by atoms with Crippen molar-refractivity contribution in [3.63, 3.8) is 0 Å². The SMILES string of the molecule is COC(=O)[C@]1(Oc2ccccc2)C[C@H](OC(C)=O)[C@@H](NC(C)=O)[C@H]([C@H](OC(C)=O)[C@@H](COC(C)=O)OC(C)=O)O1. The number of hydrogen-bond acceptors (Lipinski definition) is 13. The summed E-state index contributed by atoms with van der Waals surface area (Å²) in [6, 6.07) is 6.72. The van der Waals surface area contributed by atoms with Gasteiger partial charge in [-0.05, 0) is 12.1 Å². The predicted molar refractivity (Wildman–Crippen MR) is 132 cm³/mol. The molecule has 1 saturated heterocycles. The first-order chi connectivity index (χ1) is 18.8. The molecule has 1 aliphatic rings. The highest BCUT2D eigenvalue weighted by atomic mass is 16.7. The van der Waals surface area contributed by atoms with Crippen LogP contribution < -0.4 is 10.1 Å². The van der Waals surface area contributed by atoms with Gasteiger partial charge in [0.25, 0.3) is 0 Å². The van der Waals surface area contributed by atoms with Crippen molar-refractivity contribution in [2.75, 3.05) is 13.7 Å². The lowest BCUT2D eigenvalue weighted by atomic mass is 9.88. The normalized spacial score (nSPS) is 23.4. The molecule has 1 aromatic carbocycles. The summed E-state index contributed by atoms with van der Waals surface area (Å²) in [6.45, 7) is 4.92. The number of esters is 5. The van der Waals surface area contributed by atoms with Crippen LogP contribution in [-0.4, -0.2) is 85.7 Å². The van der Waals surface area contributed by atoms with Crippen molar-refractivity contribution < 1.29 is 61.9 Å². The minimum absolute atomic E-state index is 0.159. The Kier molecular flexibility index (Phi) is 11.4. The molecule has 0 unspecified atom stereocenters. The van der Waals surface area contributed by atoms with Crippen LogP contribution in [0.1, 0.15) is 41.0 Å². The second-order valence-electron chi connectivity index (χ2n) is 8.84. The number of carbonyl (C=O) groups is 6. The number of para-hydroxylation sites is 1. The monoisotopic (exact) mass is 567 g/mol. The van der Waals surface area contributed by atoms with Crippen LogP contribution in [0, 0.1) is 0 Å². The number of amides is 1. The van der Waals surface area contributed by atoms with Crippen molar-refractivity contribution in [3.05, 3.63) is 30.3 Å². The summed E-state index contributed by atoms with van der Waals surface area (Å²) in [4.78, 5) is 73.4. The van der Waals surface area contributed by atoms with Crippen molar-refractivity contribution in [2.24, 2.45) is 0 Å². The standard InChI is InChI=1S/C26H33NO13/c1-14(28)27-22-20(36-16(3)30)12-26(25(33)34-6,39-19-10-8-7-9-11-19)40-24(22)23(38-18(5)32)21(37-17(4)31)13-35-15(2)29/h7-11,20-24H,12-13H2,1-6H3,(H,27,28)/t20-,21+,22+,23+,24+,26-/m0/s1. The molecule has 6 atom stereocenters. The smallest absolute Gasteiger partial charge is 0.379 e. The molecule has 1 aliphatic heterocycles. The minimum atomic E-state index is -2.31. The van der Waals surface area contributed by atoms with E-state index >= 15 is 0 Å². The van der Waals surface area contributed by atoms with Gasteiger partial charge in [0.05, 0.1) is 19.6 Å². The summed E-state index contributed by atoms with van der Waals surface area (Å²) < 4.78 is 38.4. The number of hydrogen-bond donors (Lipinski definition) is 1. The van der Waals surface area contributed by atoms with Crippen molar-refractivity contribution in [2.45, 2.75) is 77.3 Å². The lowest BCUT2D eigenvalue weighted by Gasteiger charge is -2.48. The molecule has 0 radical (unpaired) electrons. The summed E-state index contributed by atoms with van der Waals surface area (Å²) >= 11 is 0. The van der Waals surface area contributed by atoms with Crippen LogP contribution >= 0.6 is 0 Å². The lowest BCUT2D eigenvalue weighted by molar-refractivity contribution is -0.289. The van der Waals surface area contributed by atoms with E-state index in [-0.39, 0.29) is 5.75 Å². The van der Waals surface area contributed by atoms with E-state index < -0.39 is 85.0 Å². The Balaban J connectivity index is 2.76. The van der Waals surface area contributed by atoms with Gasteiger partial charge in [-0.25, -0.2) is 4.79 Å². The topological polar surface area (TPSA) is 179 Å². The quantitative estimate of drug-likeness (QED) is 0.290. The Morgan fingerprint density at radius 3 is 2.05 bits per heavy atom. The van der Waals surface area contributed by atoms with E-state index in [1.807, 2.05) is 0 Å². The highest BCUT2D eigenvalue weighted by molar-refractivity contribution is 5.79. The number of methoxy groups -OCH3 is 1. The zero-order chi connectivity index (χ0) is 30.0. The summed E-state index contributed by atoms with van der Waals surface area (Å²) in [7, 11) is 1.07. The fourth-order valence-electron chi connectivity index (χ4n) is 4.18. The molecular formula is C26H33NO13. The van der Waals surface area contributed by atoms with Crippen LogP contribution in [0.5, 0.6) is 5.75 Å². The second kappa shape index (κ2) is 14.3. The third-order valence-electron chi connectivity index (χ3n) is 5.52. The molecule has 14 nitrogen and oxygen atoms in total. The zero-order valence-corrected chi connectivity index (χ0v) is 23.0. The molecule has 2 rings (SSSR count). The van der Waals surface area contributed by atoms with Gasteiger partial charge in [0.2, 0.25) is 5.91 Å². The van der Waals surface area contributed by atoms with Gasteiger partial charge in [0.1, 0.15) is 24.6 Å². The van der Waals surface area contributed by atoms with E-state index in [0.717, 1.165) is 34.8 Å². The minimum Gasteiger partial charge on any atom is -0.464 e. The molecule has 1 heterocycles. The van der Waals surface area contributed by atoms with E-state index in [1.165, 1.54) is 19.1 Å². The molecule has 1 aromatic rings. The van der Waals surface area contributed by atoms with E-state index in [9.17, 15) is 28.8 Å². The summed E-state index contributed by atoms with van der Waals surface area (Å²) in [5.74, 6) is -7.03. The van der Waals surface area contributed by atoms with E-state index in [1.54, 1.807) is 18.2 Å². The number of rotatable bonds is 11. The average Bonchev–Trinajstić information content (AvgIpc) is 2.85.